The van der Waals surface area contributed by atoms with E-state index in [9.17, 15) is 10.4 Å². The summed E-state index contributed by atoms with van der Waals surface area (Å²) in [6, 6.07) is 8.38. The normalized spacial score (nSPS) is 19.6. The summed E-state index contributed by atoms with van der Waals surface area (Å²) in [5.41, 5.74) is 1.58. The predicted octanol–water partition coefficient (Wildman–Crippen LogP) is 3.37. The number of nitrogens with zero attached hydrogens (tertiary/aromatic N) is 10. The van der Waals surface area contributed by atoms with Gasteiger partial charge in [0.25, 0.3) is 5.88 Å². The van der Waals surface area contributed by atoms with Crippen molar-refractivity contribution in [3.05, 3.63) is 48.7 Å². The van der Waals surface area contributed by atoms with E-state index in [0.717, 1.165) is 63.1 Å². The predicted molar refractivity (Wildman–Crippen MR) is 171 cm³/mol. The number of anilines is 2. The Hall–Kier alpha value is -4.65. The van der Waals surface area contributed by atoms with Crippen molar-refractivity contribution in [2.75, 3.05) is 38.2 Å². The van der Waals surface area contributed by atoms with Crippen LogP contribution >= 0.6 is 0 Å². The number of aromatic nitrogens is 8. The number of ether oxygens (including phenoxy) is 3. The van der Waals surface area contributed by atoms with Gasteiger partial charge in [0.05, 0.1) is 43.2 Å². The van der Waals surface area contributed by atoms with E-state index in [0.29, 0.717) is 41.4 Å². The molecule has 1 aliphatic heterocycles. The molecule has 2 aliphatic rings. The number of tetrazole rings is 1. The Morgan fingerprint density at radius 2 is 1.85 bits per heavy atom. The topological polar surface area (TPSA) is 174 Å². The van der Waals surface area contributed by atoms with Gasteiger partial charge < -0.3 is 24.6 Å². The molecule has 1 unspecified atom stereocenters. The van der Waals surface area contributed by atoms with Crippen LogP contribution in [-0.2, 0) is 11.3 Å². The van der Waals surface area contributed by atoms with Crippen LogP contribution in [0.3, 0.4) is 0 Å². The molecule has 0 bridgehead atoms. The minimum absolute atomic E-state index is 0.0830. The molecular formula is C32H41N11O4. The molecule has 248 valence electrons. The maximum Gasteiger partial charge on any atom is 0.257 e. The Balaban J connectivity index is 1.15. The summed E-state index contributed by atoms with van der Waals surface area (Å²) < 4.78 is 21.1. The van der Waals surface area contributed by atoms with E-state index in [4.69, 9.17) is 19.3 Å². The monoisotopic (exact) mass is 643 g/mol. The Kier molecular flexibility index (Phi) is 9.90. The van der Waals surface area contributed by atoms with Gasteiger partial charge in [-0.3, -0.25) is 9.58 Å². The molecule has 47 heavy (non-hydrogen) atoms. The molecule has 0 spiro atoms. The van der Waals surface area contributed by atoms with E-state index < -0.39 is 5.60 Å². The fourth-order valence-electron chi connectivity index (χ4n) is 5.97. The molecule has 1 atom stereocenters. The first-order valence-electron chi connectivity index (χ1n) is 16.0. The molecule has 2 fully saturated rings. The summed E-state index contributed by atoms with van der Waals surface area (Å²) in [7, 11) is 0. The van der Waals surface area contributed by atoms with E-state index >= 15 is 0 Å². The fraction of sp³-hybridized carbons (Fsp3) is 0.531. The lowest BCUT2D eigenvalue weighted by Crippen LogP contribution is -2.45. The van der Waals surface area contributed by atoms with Gasteiger partial charge in [-0.2, -0.15) is 5.26 Å². The highest BCUT2D eigenvalue weighted by Gasteiger charge is 2.29. The number of morpholine rings is 1. The standard InChI is InChI=1S/C32H41N11O4/c1-22(18-42-21-36-39-40-42)47-29-14-23(4-5-24(29)15-33)25-16-34-31(35-17-25)37-28-19-43(38-30(28)46-20-32(2,3)44)27-8-6-26(7-9-27)41-10-12-45-13-11-41/h4-5,14,16-17,19,21-22,26-27,44H,6-13,18,20H2,1-3H3,(H,34,35,37). The van der Waals surface area contributed by atoms with Gasteiger partial charge in [0.1, 0.15) is 36.5 Å². The van der Waals surface area contributed by atoms with Crippen LogP contribution in [0.4, 0.5) is 11.6 Å². The van der Waals surface area contributed by atoms with E-state index in [2.05, 4.69) is 41.8 Å². The molecule has 1 aliphatic carbocycles. The van der Waals surface area contributed by atoms with Gasteiger partial charge in [0.2, 0.25) is 5.95 Å². The minimum atomic E-state index is -1.02. The lowest BCUT2D eigenvalue weighted by Gasteiger charge is -2.38. The summed E-state index contributed by atoms with van der Waals surface area (Å²) in [4.78, 5) is 11.7. The lowest BCUT2D eigenvalue weighted by atomic mass is 9.90. The number of hydrogen-bond acceptors (Lipinski definition) is 13. The first-order chi connectivity index (χ1) is 22.7. The summed E-state index contributed by atoms with van der Waals surface area (Å²) in [5, 5.41) is 39.2. The van der Waals surface area contributed by atoms with Gasteiger partial charge in [-0.25, -0.2) is 14.6 Å². The highest BCUT2D eigenvalue weighted by Crippen LogP contribution is 2.35. The van der Waals surface area contributed by atoms with Crippen molar-refractivity contribution in [3.63, 3.8) is 0 Å². The molecule has 1 saturated carbocycles. The summed E-state index contributed by atoms with van der Waals surface area (Å²) in [5.74, 6) is 1.21. The van der Waals surface area contributed by atoms with Crippen LogP contribution in [0.2, 0.25) is 0 Å². The summed E-state index contributed by atoms with van der Waals surface area (Å²) >= 11 is 0. The van der Waals surface area contributed by atoms with Gasteiger partial charge in [-0.05, 0) is 74.6 Å². The Bertz CT molecular complexity index is 1630. The van der Waals surface area contributed by atoms with E-state index in [-0.39, 0.29) is 18.8 Å². The van der Waals surface area contributed by atoms with Gasteiger partial charge in [-0.1, -0.05) is 6.07 Å². The second-order valence-electron chi connectivity index (χ2n) is 12.7. The van der Waals surface area contributed by atoms with Crippen LogP contribution in [0.25, 0.3) is 11.1 Å². The number of nitrogens with one attached hydrogen (secondary N) is 1. The van der Waals surface area contributed by atoms with E-state index in [1.165, 1.54) is 6.33 Å². The minimum Gasteiger partial charge on any atom is -0.487 e. The molecule has 1 aromatic carbocycles. The van der Waals surface area contributed by atoms with Crippen molar-refractivity contribution >= 4 is 11.6 Å². The molecule has 6 rings (SSSR count). The second-order valence-corrected chi connectivity index (χ2v) is 12.7. The molecule has 4 heterocycles. The van der Waals surface area contributed by atoms with Crippen LogP contribution in [0.1, 0.15) is 58.1 Å². The zero-order valence-corrected chi connectivity index (χ0v) is 27.0. The first kappa shape index (κ1) is 32.3. The van der Waals surface area contributed by atoms with Gasteiger partial charge in [0.15, 0.2) is 0 Å². The number of nitriles is 1. The average Bonchev–Trinajstić information content (AvgIpc) is 3.74. The Morgan fingerprint density at radius 1 is 1.11 bits per heavy atom. The van der Waals surface area contributed by atoms with Crippen molar-refractivity contribution in [1.82, 2.24) is 44.9 Å². The molecule has 1 saturated heterocycles. The van der Waals surface area contributed by atoms with Gasteiger partial charge >= 0.3 is 0 Å². The Morgan fingerprint density at radius 3 is 2.53 bits per heavy atom. The largest absolute Gasteiger partial charge is 0.487 e. The molecule has 15 nitrogen and oxygen atoms in total. The summed E-state index contributed by atoms with van der Waals surface area (Å²) in [6.45, 7) is 9.41. The molecule has 0 amide bonds. The zero-order valence-electron chi connectivity index (χ0n) is 27.0. The molecule has 4 aromatic rings. The van der Waals surface area contributed by atoms with E-state index in [1.54, 1.807) is 43.1 Å². The van der Waals surface area contributed by atoms with Crippen LogP contribution in [0.15, 0.2) is 43.1 Å². The third-order valence-electron chi connectivity index (χ3n) is 8.36. The maximum atomic E-state index is 10.3. The van der Waals surface area contributed by atoms with Gasteiger partial charge in [-0.15, -0.1) is 10.2 Å². The highest BCUT2D eigenvalue weighted by molar-refractivity contribution is 5.67. The van der Waals surface area contributed by atoms with Gasteiger partial charge in [0, 0.05) is 37.1 Å². The number of rotatable bonds is 12. The van der Waals surface area contributed by atoms with Crippen molar-refractivity contribution in [3.8, 4) is 28.8 Å². The fourth-order valence-corrected chi connectivity index (χ4v) is 5.97. The molecule has 3 aromatic heterocycles. The first-order valence-corrected chi connectivity index (χ1v) is 16.0. The van der Waals surface area contributed by atoms with Crippen molar-refractivity contribution in [1.29, 1.82) is 5.26 Å². The molecule has 2 N–H and O–H groups in total. The van der Waals surface area contributed by atoms with Crippen LogP contribution in [-0.4, -0.2) is 101 Å². The molecule has 0 radical (unpaired) electrons. The zero-order chi connectivity index (χ0) is 32.8. The van der Waals surface area contributed by atoms with Crippen LogP contribution in [0.5, 0.6) is 11.6 Å². The third kappa shape index (κ3) is 8.39. The third-order valence-corrected chi connectivity index (χ3v) is 8.36. The summed E-state index contributed by atoms with van der Waals surface area (Å²) in [6.07, 6.45) is 10.8. The number of hydrogen-bond donors (Lipinski definition) is 2. The van der Waals surface area contributed by atoms with Crippen LogP contribution < -0.4 is 14.8 Å². The van der Waals surface area contributed by atoms with E-state index in [1.807, 2.05) is 23.9 Å². The van der Waals surface area contributed by atoms with Crippen LogP contribution in [0, 0.1) is 11.3 Å². The number of aliphatic hydroxyl groups is 1. The Labute approximate surface area is 273 Å². The maximum absolute atomic E-state index is 10.3. The lowest BCUT2D eigenvalue weighted by molar-refractivity contribution is 0.00492. The van der Waals surface area contributed by atoms with Crippen molar-refractivity contribution in [2.24, 2.45) is 0 Å². The smallest absolute Gasteiger partial charge is 0.257 e. The quantitative estimate of drug-likeness (QED) is 0.230. The van der Waals surface area contributed by atoms with Crippen molar-refractivity contribution < 1.29 is 19.3 Å². The van der Waals surface area contributed by atoms with Crippen molar-refractivity contribution in [2.45, 2.75) is 76.8 Å². The second kappa shape index (κ2) is 14.4. The average molecular weight is 644 g/mol. The molecule has 15 heteroatoms. The molecular weight excluding hydrogens is 602 g/mol. The highest BCUT2D eigenvalue weighted by atomic mass is 16.5. The SMILES string of the molecule is CC(Cn1cnnn1)Oc1cc(-c2cnc(Nc3cn(C4CCC(N5CCOCC5)CC4)nc3OCC(C)(C)O)nc2)ccc1C#N. The number of benzene rings is 1.